The Balaban J connectivity index is 1.21. The zero-order valence-corrected chi connectivity index (χ0v) is 34.8. The van der Waals surface area contributed by atoms with Crippen LogP contribution < -0.4 is 4.90 Å². The number of anilines is 3. The van der Waals surface area contributed by atoms with Gasteiger partial charge in [0.15, 0.2) is 0 Å². The Morgan fingerprint density at radius 3 is 1.71 bits per heavy atom. The summed E-state index contributed by atoms with van der Waals surface area (Å²) in [6, 6.07) is 66.7. The molecule has 3 aliphatic rings. The van der Waals surface area contributed by atoms with Crippen LogP contribution in [0.1, 0.15) is 73.9 Å². The first kappa shape index (κ1) is 34.8. The molecule has 0 amide bonds. The lowest BCUT2D eigenvalue weighted by molar-refractivity contribution is 0.331. The van der Waals surface area contributed by atoms with Crippen molar-refractivity contribution in [3.63, 3.8) is 0 Å². The molecule has 2 heteroatoms. The highest BCUT2D eigenvalue weighted by molar-refractivity contribution is 7.26. The molecule has 0 unspecified atom stereocenters. The Kier molecular flexibility index (Phi) is 7.31. The van der Waals surface area contributed by atoms with Crippen LogP contribution in [0.25, 0.3) is 53.6 Å². The summed E-state index contributed by atoms with van der Waals surface area (Å²) >= 11 is 1.89. The normalized spacial score (nSPS) is 16.1. The highest BCUT2D eigenvalue weighted by Gasteiger charge is 2.54. The van der Waals surface area contributed by atoms with Crippen LogP contribution in [0.2, 0.25) is 0 Å². The molecule has 9 aromatic rings. The highest BCUT2D eigenvalue weighted by atomic mass is 32.1. The Hall–Kier alpha value is -6.22. The first-order valence-electron chi connectivity index (χ1n) is 21.1. The van der Waals surface area contributed by atoms with Gasteiger partial charge in [-0.05, 0) is 127 Å². The van der Waals surface area contributed by atoms with Crippen LogP contribution >= 0.6 is 11.3 Å². The average Bonchev–Trinajstić information content (AvgIpc) is 3.90. The number of hydrogen-bond donors (Lipinski definition) is 0. The van der Waals surface area contributed by atoms with Crippen LogP contribution in [0, 0.1) is 0 Å². The number of rotatable bonds is 4. The Morgan fingerprint density at radius 1 is 0.424 bits per heavy atom. The van der Waals surface area contributed by atoms with Crippen molar-refractivity contribution in [2.24, 2.45) is 0 Å². The molecule has 1 spiro atoms. The van der Waals surface area contributed by atoms with E-state index in [-0.39, 0.29) is 10.8 Å². The van der Waals surface area contributed by atoms with Gasteiger partial charge in [-0.2, -0.15) is 0 Å². The SMILES string of the molecule is CC1(C)CCC(C)(C)c2cc3c(cc21)-c1c(N(c2ccc(-c4ccccc4)cc2)c2cccc4sc5ccccc5c24)cccc1C31c2ccccc2-c2ccccc21. The fourth-order valence-electron chi connectivity index (χ4n) is 11.2. The van der Waals surface area contributed by atoms with Crippen molar-refractivity contribution in [3.8, 4) is 33.4 Å². The lowest BCUT2D eigenvalue weighted by atomic mass is 9.61. The second-order valence-corrected chi connectivity index (χ2v) is 19.3. The molecule has 1 nitrogen and oxygen atoms in total. The minimum atomic E-state index is -0.454. The van der Waals surface area contributed by atoms with Gasteiger partial charge in [0.05, 0.1) is 16.8 Å². The zero-order valence-electron chi connectivity index (χ0n) is 34.0. The van der Waals surface area contributed by atoms with Crippen LogP contribution in [0.5, 0.6) is 0 Å². The van der Waals surface area contributed by atoms with Gasteiger partial charge < -0.3 is 4.90 Å². The first-order chi connectivity index (χ1) is 28.8. The van der Waals surface area contributed by atoms with Gasteiger partial charge in [0.1, 0.15) is 0 Å². The van der Waals surface area contributed by atoms with Crippen LogP contribution in [-0.2, 0) is 16.2 Å². The van der Waals surface area contributed by atoms with Gasteiger partial charge in [-0.1, -0.05) is 161 Å². The lowest BCUT2D eigenvalue weighted by Crippen LogP contribution is -2.35. The lowest BCUT2D eigenvalue weighted by Gasteiger charge is -2.43. The maximum Gasteiger partial charge on any atom is 0.0726 e. The Morgan fingerprint density at radius 2 is 0.983 bits per heavy atom. The van der Waals surface area contributed by atoms with Gasteiger partial charge in [0.25, 0.3) is 0 Å². The van der Waals surface area contributed by atoms with Gasteiger partial charge in [-0.25, -0.2) is 0 Å². The first-order valence-corrected chi connectivity index (χ1v) is 22.0. The van der Waals surface area contributed by atoms with Crippen LogP contribution in [0.4, 0.5) is 17.1 Å². The largest absolute Gasteiger partial charge is 0.309 e. The van der Waals surface area contributed by atoms with Crippen LogP contribution in [0.3, 0.4) is 0 Å². The van der Waals surface area contributed by atoms with Crippen molar-refractivity contribution < 1.29 is 0 Å². The average molecular weight is 776 g/mol. The van der Waals surface area contributed by atoms with Crippen molar-refractivity contribution in [1.29, 1.82) is 0 Å². The van der Waals surface area contributed by atoms with E-state index in [0.29, 0.717) is 0 Å². The molecule has 0 saturated carbocycles. The van der Waals surface area contributed by atoms with Crippen molar-refractivity contribution >= 4 is 48.6 Å². The van der Waals surface area contributed by atoms with Crippen molar-refractivity contribution in [2.45, 2.75) is 56.8 Å². The third-order valence-electron chi connectivity index (χ3n) is 14.2. The summed E-state index contributed by atoms with van der Waals surface area (Å²) in [7, 11) is 0. The van der Waals surface area contributed by atoms with Gasteiger partial charge in [0.2, 0.25) is 0 Å². The molecule has 0 fully saturated rings. The van der Waals surface area contributed by atoms with Gasteiger partial charge in [0, 0.05) is 31.4 Å². The molecule has 0 N–H and O–H groups in total. The molecule has 0 saturated heterocycles. The second-order valence-electron chi connectivity index (χ2n) is 18.2. The summed E-state index contributed by atoms with van der Waals surface area (Å²) in [6.07, 6.45) is 2.35. The van der Waals surface area contributed by atoms with E-state index in [9.17, 15) is 0 Å². The monoisotopic (exact) mass is 775 g/mol. The predicted molar refractivity (Wildman–Crippen MR) is 251 cm³/mol. The molecule has 0 atom stereocenters. The molecular formula is C57H45NS. The van der Waals surface area contributed by atoms with E-state index in [1.165, 1.54) is 111 Å². The molecule has 8 aromatic carbocycles. The maximum absolute atomic E-state index is 2.67. The molecule has 0 bridgehead atoms. The van der Waals surface area contributed by atoms with E-state index >= 15 is 0 Å². The number of hydrogen-bond acceptors (Lipinski definition) is 2. The summed E-state index contributed by atoms with van der Waals surface area (Å²) in [5.74, 6) is 0. The van der Waals surface area contributed by atoms with Gasteiger partial charge in [-0.3, -0.25) is 0 Å². The Labute approximate surface area is 351 Å². The maximum atomic E-state index is 2.67. The minimum absolute atomic E-state index is 0.0599. The molecule has 284 valence electrons. The smallest absolute Gasteiger partial charge is 0.0726 e. The zero-order chi connectivity index (χ0) is 39.7. The molecule has 59 heavy (non-hydrogen) atoms. The van der Waals surface area contributed by atoms with Crippen LogP contribution in [0.15, 0.2) is 176 Å². The van der Waals surface area contributed by atoms with Crippen LogP contribution in [-0.4, -0.2) is 0 Å². The van der Waals surface area contributed by atoms with E-state index in [0.717, 1.165) is 5.69 Å². The number of thiophene rings is 1. The number of benzene rings is 8. The molecule has 12 rings (SSSR count). The van der Waals surface area contributed by atoms with Gasteiger partial charge >= 0.3 is 0 Å². The summed E-state index contributed by atoms with van der Waals surface area (Å²) in [6.45, 7) is 9.87. The summed E-state index contributed by atoms with van der Waals surface area (Å²) in [5, 5.41) is 2.60. The third-order valence-corrected chi connectivity index (χ3v) is 15.3. The molecule has 0 aliphatic heterocycles. The van der Waals surface area contributed by atoms with E-state index in [2.05, 4.69) is 209 Å². The fourth-order valence-corrected chi connectivity index (χ4v) is 12.3. The van der Waals surface area contributed by atoms with E-state index in [4.69, 9.17) is 0 Å². The Bertz CT molecular complexity index is 3120. The topological polar surface area (TPSA) is 3.24 Å². The third kappa shape index (κ3) is 4.78. The molecule has 1 heterocycles. The molecule has 0 radical (unpaired) electrons. The predicted octanol–water partition coefficient (Wildman–Crippen LogP) is 15.9. The van der Waals surface area contributed by atoms with Crippen molar-refractivity contribution in [1.82, 2.24) is 0 Å². The standard InChI is InChI=1S/C57H45NS/c1-55(2)32-33-56(3,4)48-35-46-42(34-47(48)55)53-45(57(46)43-21-11-8-18-39(43)40-19-9-12-22-44(40)57)23-14-24-49(53)58(38-30-28-37(29-31-38)36-16-6-5-7-17-36)50-25-15-27-52-54(50)41-20-10-13-26-51(41)59-52/h5-31,34-35H,32-33H2,1-4H3. The minimum Gasteiger partial charge on any atom is -0.309 e. The fraction of sp³-hybridized carbons (Fsp3) is 0.158. The molecule has 1 aromatic heterocycles. The van der Waals surface area contributed by atoms with E-state index in [1.54, 1.807) is 0 Å². The van der Waals surface area contributed by atoms with E-state index < -0.39 is 5.41 Å². The number of fused-ring (bicyclic) bond motifs is 14. The molecular weight excluding hydrogens is 731 g/mol. The van der Waals surface area contributed by atoms with Gasteiger partial charge in [-0.15, -0.1) is 11.3 Å². The van der Waals surface area contributed by atoms with Crippen molar-refractivity contribution in [2.75, 3.05) is 4.90 Å². The van der Waals surface area contributed by atoms with E-state index in [1.807, 2.05) is 11.3 Å². The summed E-state index contributed by atoms with van der Waals surface area (Å²) < 4.78 is 2.61. The molecule has 3 aliphatic carbocycles. The highest BCUT2D eigenvalue weighted by Crippen LogP contribution is 2.66. The quantitative estimate of drug-likeness (QED) is 0.172. The summed E-state index contributed by atoms with van der Waals surface area (Å²) in [4.78, 5) is 2.58. The van der Waals surface area contributed by atoms with Crippen molar-refractivity contribution in [3.05, 3.63) is 209 Å². The second kappa shape index (κ2) is 12.4. The number of nitrogens with zero attached hydrogens (tertiary/aromatic N) is 1. The summed E-state index contributed by atoms with van der Waals surface area (Å²) in [5.41, 5.74) is 19.6.